The SMILES string of the molecule is C=C/C=C\c1ccc2ccc(/C=C/c3ccc4c(c3)sc3cc(-c5ccc6c7ccccc7c7ccccc7c6c5)ccc34)nc2c1C. The summed E-state index contributed by atoms with van der Waals surface area (Å²) in [6.07, 6.45) is 10.1. The minimum absolute atomic E-state index is 0.952. The predicted octanol–water partition coefficient (Wildman–Crippen LogP) is 13.4. The molecular weight excluding hydrogens is 599 g/mol. The summed E-state index contributed by atoms with van der Waals surface area (Å²) in [5.74, 6) is 0. The number of fused-ring (bicyclic) bond motifs is 10. The Morgan fingerprint density at radius 2 is 1.15 bits per heavy atom. The van der Waals surface area contributed by atoms with Gasteiger partial charge < -0.3 is 0 Å². The Hall–Kier alpha value is -5.83. The van der Waals surface area contributed by atoms with E-state index in [2.05, 4.69) is 159 Å². The average molecular weight is 630 g/mol. The third kappa shape index (κ3) is 4.73. The van der Waals surface area contributed by atoms with Crippen molar-refractivity contribution in [1.29, 1.82) is 0 Å². The van der Waals surface area contributed by atoms with Crippen LogP contribution in [0.5, 0.6) is 0 Å². The van der Waals surface area contributed by atoms with E-state index in [0.29, 0.717) is 0 Å². The molecule has 0 spiro atoms. The first-order chi connectivity index (χ1) is 23.6. The molecule has 2 aromatic heterocycles. The number of benzene rings is 7. The molecule has 0 N–H and O–H groups in total. The van der Waals surface area contributed by atoms with Crippen LogP contribution in [0.4, 0.5) is 0 Å². The molecule has 2 heteroatoms. The van der Waals surface area contributed by atoms with Crippen LogP contribution in [0.25, 0.3) is 92.7 Å². The molecule has 1 nitrogen and oxygen atoms in total. The summed E-state index contributed by atoms with van der Waals surface area (Å²) in [6.45, 7) is 5.93. The van der Waals surface area contributed by atoms with Gasteiger partial charge in [0, 0.05) is 25.6 Å². The van der Waals surface area contributed by atoms with E-state index in [1.807, 2.05) is 17.4 Å². The van der Waals surface area contributed by atoms with Crippen LogP contribution in [0.2, 0.25) is 0 Å². The number of rotatable bonds is 5. The molecule has 226 valence electrons. The van der Waals surface area contributed by atoms with Gasteiger partial charge in [0.15, 0.2) is 0 Å². The molecule has 0 fully saturated rings. The van der Waals surface area contributed by atoms with E-state index >= 15 is 0 Å². The van der Waals surface area contributed by atoms with Crippen LogP contribution < -0.4 is 0 Å². The van der Waals surface area contributed by atoms with Gasteiger partial charge >= 0.3 is 0 Å². The zero-order valence-corrected chi connectivity index (χ0v) is 27.4. The van der Waals surface area contributed by atoms with Crippen molar-refractivity contribution in [2.75, 3.05) is 0 Å². The van der Waals surface area contributed by atoms with Gasteiger partial charge in [0.1, 0.15) is 0 Å². The monoisotopic (exact) mass is 629 g/mol. The lowest BCUT2D eigenvalue weighted by atomic mass is 9.92. The number of aromatic nitrogens is 1. The Kier molecular flexibility index (Phi) is 6.77. The molecule has 48 heavy (non-hydrogen) atoms. The van der Waals surface area contributed by atoms with Crippen molar-refractivity contribution < 1.29 is 0 Å². The molecular formula is C46H31NS. The molecule has 0 saturated heterocycles. The molecule has 0 amide bonds. The van der Waals surface area contributed by atoms with E-state index in [1.165, 1.54) is 74.7 Å². The number of pyridine rings is 1. The molecule has 0 bridgehead atoms. The van der Waals surface area contributed by atoms with E-state index in [4.69, 9.17) is 4.98 Å². The Bertz CT molecular complexity index is 2780. The minimum atomic E-state index is 0.952. The maximum Gasteiger partial charge on any atom is 0.0744 e. The fraction of sp³-hybridized carbons (Fsp3) is 0.0217. The largest absolute Gasteiger partial charge is 0.248 e. The number of allylic oxidation sites excluding steroid dienone is 2. The van der Waals surface area contributed by atoms with E-state index in [1.54, 1.807) is 6.08 Å². The zero-order valence-electron chi connectivity index (χ0n) is 26.6. The topological polar surface area (TPSA) is 12.9 Å². The first kappa shape index (κ1) is 28.4. The van der Waals surface area contributed by atoms with Crippen LogP contribution in [-0.4, -0.2) is 4.98 Å². The van der Waals surface area contributed by atoms with E-state index in [9.17, 15) is 0 Å². The maximum absolute atomic E-state index is 5.00. The summed E-state index contributed by atoms with van der Waals surface area (Å²) in [5, 5.41) is 11.6. The lowest BCUT2D eigenvalue weighted by molar-refractivity contribution is 1.33. The molecule has 7 aromatic carbocycles. The highest BCUT2D eigenvalue weighted by Gasteiger charge is 2.12. The Labute approximate surface area is 283 Å². The van der Waals surface area contributed by atoms with Crippen LogP contribution in [0.1, 0.15) is 22.4 Å². The molecule has 2 heterocycles. The lowest BCUT2D eigenvalue weighted by Gasteiger charge is -2.12. The lowest BCUT2D eigenvalue weighted by Crippen LogP contribution is -1.89. The van der Waals surface area contributed by atoms with E-state index in [-0.39, 0.29) is 0 Å². The summed E-state index contributed by atoms with van der Waals surface area (Å²) in [5.41, 5.74) is 7.99. The molecule has 9 aromatic rings. The number of hydrogen-bond acceptors (Lipinski definition) is 2. The minimum Gasteiger partial charge on any atom is -0.248 e. The van der Waals surface area contributed by atoms with Gasteiger partial charge in [0.2, 0.25) is 0 Å². The van der Waals surface area contributed by atoms with Crippen LogP contribution in [0.15, 0.2) is 146 Å². The highest BCUT2D eigenvalue weighted by atomic mass is 32.1. The van der Waals surface area contributed by atoms with Crippen molar-refractivity contribution in [2.45, 2.75) is 6.92 Å². The second-order valence-electron chi connectivity index (χ2n) is 12.4. The zero-order chi connectivity index (χ0) is 32.2. The van der Waals surface area contributed by atoms with Crippen LogP contribution in [0.3, 0.4) is 0 Å². The van der Waals surface area contributed by atoms with Crippen molar-refractivity contribution in [1.82, 2.24) is 4.98 Å². The Morgan fingerprint density at radius 3 is 1.88 bits per heavy atom. The molecule has 9 rings (SSSR count). The number of aryl methyl sites for hydroxylation is 1. The van der Waals surface area contributed by atoms with Gasteiger partial charge in [0.25, 0.3) is 0 Å². The summed E-state index contributed by atoms with van der Waals surface area (Å²) in [6, 6.07) is 46.7. The average Bonchev–Trinajstić information content (AvgIpc) is 3.51. The van der Waals surface area contributed by atoms with Gasteiger partial charge in [-0.25, -0.2) is 4.98 Å². The second kappa shape index (κ2) is 11.5. The highest BCUT2D eigenvalue weighted by molar-refractivity contribution is 7.25. The van der Waals surface area contributed by atoms with Gasteiger partial charge in [-0.05, 0) is 97.4 Å². The highest BCUT2D eigenvalue weighted by Crippen LogP contribution is 2.40. The quantitative estimate of drug-likeness (QED) is 0.136. The van der Waals surface area contributed by atoms with Gasteiger partial charge in [0.05, 0.1) is 11.2 Å². The van der Waals surface area contributed by atoms with Crippen LogP contribution in [0, 0.1) is 6.92 Å². The molecule has 0 saturated carbocycles. The predicted molar refractivity (Wildman–Crippen MR) is 212 cm³/mol. The number of nitrogens with zero attached hydrogens (tertiary/aromatic N) is 1. The summed E-state index contributed by atoms with van der Waals surface area (Å²) in [4.78, 5) is 5.00. The molecule has 0 unspecified atom stereocenters. The van der Waals surface area contributed by atoms with Gasteiger partial charge in [-0.15, -0.1) is 11.3 Å². The second-order valence-corrected chi connectivity index (χ2v) is 13.5. The standard InChI is InChI=1S/C46H31NS/c1-3-4-9-31-16-17-32-18-22-35(47-46(32)29(31)2)21-14-30-15-23-41-42-25-20-34(28-45(42)48-44(41)26-30)33-19-24-40-38-12-6-5-10-36(38)37-11-7-8-13-39(37)43(40)27-33/h3-28H,1H2,2H3/b9-4-,21-14+. The summed E-state index contributed by atoms with van der Waals surface area (Å²) < 4.78 is 2.60. The van der Waals surface area contributed by atoms with Gasteiger partial charge in [-0.2, -0.15) is 0 Å². The Morgan fingerprint density at radius 1 is 0.542 bits per heavy atom. The Balaban J connectivity index is 1.07. The fourth-order valence-electron chi connectivity index (χ4n) is 7.15. The van der Waals surface area contributed by atoms with Crippen molar-refractivity contribution in [3.05, 3.63) is 169 Å². The van der Waals surface area contributed by atoms with E-state index < -0.39 is 0 Å². The molecule has 0 aliphatic heterocycles. The summed E-state index contributed by atoms with van der Waals surface area (Å²) in [7, 11) is 0. The van der Waals surface area contributed by atoms with Crippen LogP contribution in [-0.2, 0) is 0 Å². The summed E-state index contributed by atoms with van der Waals surface area (Å²) >= 11 is 1.86. The van der Waals surface area contributed by atoms with Crippen molar-refractivity contribution >= 4 is 93.0 Å². The first-order valence-electron chi connectivity index (χ1n) is 16.3. The molecule has 0 aliphatic rings. The van der Waals surface area contributed by atoms with Crippen molar-refractivity contribution in [2.24, 2.45) is 0 Å². The normalized spacial score (nSPS) is 12.2. The third-order valence-corrected chi connectivity index (χ3v) is 10.7. The molecule has 0 radical (unpaired) electrons. The maximum atomic E-state index is 5.00. The number of thiophene rings is 1. The molecule has 0 aliphatic carbocycles. The van der Waals surface area contributed by atoms with Crippen LogP contribution >= 0.6 is 11.3 Å². The van der Waals surface area contributed by atoms with Gasteiger partial charge in [-0.3, -0.25) is 0 Å². The molecule has 0 atom stereocenters. The first-order valence-corrected chi connectivity index (χ1v) is 17.1. The van der Waals surface area contributed by atoms with Crippen molar-refractivity contribution in [3.8, 4) is 11.1 Å². The van der Waals surface area contributed by atoms with E-state index in [0.717, 1.165) is 22.2 Å². The van der Waals surface area contributed by atoms with Gasteiger partial charge in [-0.1, -0.05) is 134 Å². The fourth-order valence-corrected chi connectivity index (χ4v) is 8.35. The third-order valence-electron chi connectivity index (χ3n) is 9.61. The number of hydrogen-bond donors (Lipinski definition) is 0. The smallest absolute Gasteiger partial charge is 0.0744 e. The van der Waals surface area contributed by atoms with Crippen molar-refractivity contribution in [3.63, 3.8) is 0 Å².